The van der Waals surface area contributed by atoms with E-state index in [9.17, 15) is 8.78 Å². The first-order valence-corrected chi connectivity index (χ1v) is 4.96. The topological polar surface area (TPSA) is 38.0 Å². The van der Waals surface area contributed by atoms with Crippen molar-refractivity contribution in [2.75, 3.05) is 0 Å². The standard InChI is InChI=1S/C9H16F2N2/c10-9(11)4-3-7(5-9)8(13-12)6-1-2-6/h6-8,13H,1-5,12H2. The van der Waals surface area contributed by atoms with Gasteiger partial charge in [0.15, 0.2) is 0 Å². The molecule has 2 nitrogen and oxygen atoms in total. The van der Waals surface area contributed by atoms with Crippen molar-refractivity contribution in [3.05, 3.63) is 0 Å². The highest BCUT2D eigenvalue weighted by molar-refractivity contribution is 4.95. The van der Waals surface area contributed by atoms with Crippen LogP contribution < -0.4 is 11.3 Å². The van der Waals surface area contributed by atoms with Crippen LogP contribution in [0.3, 0.4) is 0 Å². The highest BCUT2D eigenvalue weighted by Crippen LogP contribution is 2.45. The maximum atomic E-state index is 12.9. The minimum atomic E-state index is -2.44. The van der Waals surface area contributed by atoms with Crippen molar-refractivity contribution in [3.8, 4) is 0 Å². The van der Waals surface area contributed by atoms with Crippen LogP contribution in [0.2, 0.25) is 0 Å². The van der Waals surface area contributed by atoms with Gasteiger partial charge in [0.2, 0.25) is 5.92 Å². The summed E-state index contributed by atoms with van der Waals surface area (Å²) in [6.07, 6.45) is 2.99. The molecule has 76 valence electrons. The molecule has 2 fully saturated rings. The molecule has 2 unspecified atom stereocenters. The number of rotatable bonds is 3. The third-order valence-corrected chi connectivity index (χ3v) is 3.27. The third-order valence-electron chi connectivity index (χ3n) is 3.27. The number of hydrazine groups is 1. The highest BCUT2D eigenvalue weighted by atomic mass is 19.3. The van der Waals surface area contributed by atoms with Crippen LogP contribution in [0.15, 0.2) is 0 Å². The van der Waals surface area contributed by atoms with Crippen molar-refractivity contribution in [2.45, 2.75) is 44.1 Å². The van der Waals surface area contributed by atoms with Gasteiger partial charge in [0, 0.05) is 18.9 Å². The third kappa shape index (κ3) is 1.99. The molecule has 0 radical (unpaired) electrons. The van der Waals surface area contributed by atoms with Gasteiger partial charge in [0.25, 0.3) is 0 Å². The zero-order valence-corrected chi connectivity index (χ0v) is 7.60. The fraction of sp³-hybridized carbons (Fsp3) is 1.00. The number of nitrogens with two attached hydrogens (primary N) is 1. The average Bonchev–Trinajstić information content (AvgIpc) is 2.80. The van der Waals surface area contributed by atoms with Crippen LogP contribution in [0, 0.1) is 11.8 Å². The summed E-state index contributed by atoms with van der Waals surface area (Å²) < 4.78 is 25.8. The molecule has 13 heavy (non-hydrogen) atoms. The molecule has 0 aromatic rings. The molecule has 0 amide bonds. The van der Waals surface area contributed by atoms with E-state index in [1.165, 1.54) is 0 Å². The van der Waals surface area contributed by atoms with E-state index in [1.54, 1.807) is 0 Å². The van der Waals surface area contributed by atoms with Gasteiger partial charge in [-0.2, -0.15) is 0 Å². The van der Waals surface area contributed by atoms with Crippen molar-refractivity contribution in [2.24, 2.45) is 17.7 Å². The Labute approximate surface area is 76.8 Å². The predicted molar refractivity (Wildman–Crippen MR) is 46.1 cm³/mol. The van der Waals surface area contributed by atoms with E-state index in [2.05, 4.69) is 5.43 Å². The Hall–Kier alpha value is -0.220. The lowest BCUT2D eigenvalue weighted by Gasteiger charge is -2.22. The van der Waals surface area contributed by atoms with Crippen molar-refractivity contribution < 1.29 is 8.78 Å². The molecule has 0 bridgehead atoms. The van der Waals surface area contributed by atoms with Gasteiger partial charge in [0.05, 0.1) is 0 Å². The first kappa shape index (κ1) is 9.34. The second-order valence-corrected chi connectivity index (χ2v) is 4.39. The van der Waals surface area contributed by atoms with E-state index >= 15 is 0 Å². The summed E-state index contributed by atoms with van der Waals surface area (Å²) in [5.41, 5.74) is 2.71. The fourth-order valence-corrected chi connectivity index (χ4v) is 2.40. The van der Waals surface area contributed by atoms with Gasteiger partial charge in [-0.25, -0.2) is 8.78 Å². The van der Waals surface area contributed by atoms with Crippen LogP contribution in [0.4, 0.5) is 8.78 Å². The SMILES string of the molecule is NNC(C1CC1)C1CCC(F)(F)C1. The van der Waals surface area contributed by atoms with E-state index in [4.69, 9.17) is 5.84 Å². The number of nitrogens with one attached hydrogen (secondary N) is 1. The van der Waals surface area contributed by atoms with Gasteiger partial charge < -0.3 is 0 Å². The Kier molecular flexibility index (Phi) is 2.28. The summed E-state index contributed by atoms with van der Waals surface area (Å²) in [6, 6.07) is 0.133. The Bertz CT molecular complexity index is 192. The van der Waals surface area contributed by atoms with Crippen LogP contribution in [0.5, 0.6) is 0 Å². The predicted octanol–water partition coefficient (Wildman–Crippen LogP) is 1.66. The first-order valence-electron chi connectivity index (χ1n) is 4.96. The van der Waals surface area contributed by atoms with Crippen LogP contribution in [-0.2, 0) is 0 Å². The molecule has 2 aliphatic carbocycles. The monoisotopic (exact) mass is 190 g/mol. The zero-order chi connectivity index (χ0) is 9.47. The van der Waals surface area contributed by atoms with Crippen molar-refractivity contribution in [3.63, 3.8) is 0 Å². The summed E-state index contributed by atoms with van der Waals surface area (Å²) in [7, 11) is 0. The van der Waals surface area contributed by atoms with E-state index in [0.29, 0.717) is 12.3 Å². The minimum Gasteiger partial charge on any atom is -0.271 e. The normalized spacial score (nSPS) is 34.8. The molecule has 2 aliphatic rings. The van der Waals surface area contributed by atoms with Crippen LogP contribution in [0.1, 0.15) is 32.1 Å². The van der Waals surface area contributed by atoms with E-state index in [0.717, 1.165) is 12.8 Å². The Morgan fingerprint density at radius 3 is 2.31 bits per heavy atom. The summed E-state index contributed by atoms with van der Waals surface area (Å²) >= 11 is 0. The van der Waals surface area contributed by atoms with Crippen molar-refractivity contribution in [1.29, 1.82) is 0 Å². The molecule has 0 aliphatic heterocycles. The molecule has 0 heterocycles. The molecular weight excluding hydrogens is 174 g/mol. The summed E-state index contributed by atoms with van der Waals surface area (Å²) in [5, 5.41) is 0. The Balaban J connectivity index is 1.93. The van der Waals surface area contributed by atoms with Gasteiger partial charge in [0.1, 0.15) is 0 Å². The molecule has 0 spiro atoms. The fourth-order valence-electron chi connectivity index (χ4n) is 2.40. The number of alkyl halides is 2. The number of hydrogen-bond donors (Lipinski definition) is 2. The number of halogens is 2. The number of hydrogen-bond acceptors (Lipinski definition) is 2. The second-order valence-electron chi connectivity index (χ2n) is 4.39. The minimum absolute atomic E-state index is 0.0262. The summed E-state index contributed by atoms with van der Waals surface area (Å²) in [6.45, 7) is 0. The molecule has 0 saturated heterocycles. The summed E-state index contributed by atoms with van der Waals surface area (Å²) in [4.78, 5) is 0. The highest BCUT2D eigenvalue weighted by Gasteiger charge is 2.46. The molecule has 0 aromatic heterocycles. The molecule has 2 saturated carbocycles. The molecular formula is C9H16F2N2. The quantitative estimate of drug-likeness (QED) is 0.524. The van der Waals surface area contributed by atoms with Gasteiger partial charge >= 0.3 is 0 Å². The van der Waals surface area contributed by atoms with Gasteiger partial charge in [-0.3, -0.25) is 11.3 Å². The first-order chi connectivity index (χ1) is 6.12. The van der Waals surface area contributed by atoms with Crippen LogP contribution >= 0.6 is 0 Å². The van der Waals surface area contributed by atoms with Crippen LogP contribution in [-0.4, -0.2) is 12.0 Å². The maximum absolute atomic E-state index is 12.9. The van der Waals surface area contributed by atoms with Crippen molar-refractivity contribution in [1.82, 2.24) is 5.43 Å². The lowest BCUT2D eigenvalue weighted by atomic mass is 9.94. The van der Waals surface area contributed by atoms with E-state index in [1.807, 2.05) is 0 Å². The van der Waals surface area contributed by atoms with Gasteiger partial charge in [-0.15, -0.1) is 0 Å². The Morgan fingerprint density at radius 2 is 1.92 bits per heavy atom. The van der Waals surface area contributed by atoms with Crippen molar-refractivity contribution >= 4 is 0 Å². The smallest absolute Gasteiger partial charge is 0.248 e. The van der Waals surface area contributed by atoms with Gasteiger partial charge in [-0.05, 0) is 31.1 Å². The van der Waals surface area contributed by atoms with E-state index < -0.39 is 5.92 Å². The lowest BCUT2D eigenvalue weighted by Crippen LogP contribution is -2.42. The molecule has 3 N–H and O–H groups in total. The average molecular weight is 190 g/mol. The van der Waals surface area contributed by atoms with Crippen LogP contribution in [0.25, 0.3) is 0 Å². The lowest BCUT2D eigenvalue weighted by molar-refractivity contribution is 0.00290. The Morgan fingerprint density at radius 1 is 1.23 bits per heavy atom. The largest absolute Gasteiger partial charge is 0.271 e. The molecule has 0 aromatic carbocycles. The molecule has 4 heteroatoms. The van der Waals surface area contributed by atoms with Gasteiger partial charge in [-0.1, -0.05) is 0 Å². The summed E-state index contributed by atoms with van der Waals surface area (Å²) in [5.74, 6) is 3.60. The van der Waals surface area contributed by atoms with E-state index in [-0.39, 0.29) is 24.8 Å². The zero-order valence-electron chi connectivity index (χ0n) is 7.60. The maximum Gasteiger partial charge on any atom is 0.248 e. The molecule has 2 rings (SSSR count). The molecule has 2 atom stereocenters. The second kappa shape index (κ2) is 3.17.